The van der Waals surface area contributed by atoms with Gasteiger partial charge in [-0.25, -0.2) is 4.39 Å². The number of benzene rings is 1. The molecule has 0 aliphatic rings. The van der Waals surface area contributed by atoms with E-state index in [4.69, 9.17) is 0 Å². The summed E-state index contributed by atoms with van der Waals surface area (Å²) in [6.07, 6.45) is 0. The zero-order valence-electron chi connectivity index (χ0n) is 13.5. The van der Waals surface area contributed by atoms with Crippen molar-refractivity contribution in [3.63, 3.8) is 0 Å². The minimum atomic E-state index is -0.307. The Morgan fingerprint density at radius 1 is 1.23 bits per heavy atom. The summed E-state index contributed by atoms with van der Waals surface area (Å²) in [7, 11) is 1.61. The highest BCUT2D eigenvalue weighted by molar-refractivity contribution is 7.99. The van der Waals surface area contributed by atoms with Crippen LogP contribution in [0.5, 0.6) is 0 Å². The number of hydrogen-bond donors (Lipinski definition) is 1. The Hall–Kier alpha value is -1.56. The van der Waals surface area contributed by atoms with Crippen molar-refractivity contribution < 1.29 is 14.0 Å². The lowest BCUT2D eigenvalue weighted by atomic mass is 10.1. The zero-order chi connectivity index (χ0) is 16.8. The lowest BCUT2D eigenvalue weighted by Crippen LogP contribution is -2.46. The maximum atomic E-state index is 12.8. The van der Waals surface area contributed by atoms with Gasteiger partial charge in [-0.3, -0.25) is 9.59 Å². The standard InChI is InChI=1S/C16H23FN2O2S/c1-16(2,3)18-14(20)9-19(4)15(21)11-22-10-12-5-7-13(17)8-6-12/h5-8H,9-11H2,1-4H3,(H,18,20). The average molecular weight is 326 g/mol. The molecular formula is C16H23FN2O2S. The van der Waals surface area contributed by atoms with Gasteiger partial charge in [0.25, 0.3) is 0 Å². The van der Waals surface area contributed by atoms with Gasteiger partial charge >= 0.3 is 0 Å². The molecule has 0 saturated heterocycles. The van der Waals surface area contributed by atoms with Gasteiger partial charge in [-0.15, -0.1) is 11.8 Å². The normalized spacial score (nSPS) is 11.1. The molecule has 1 rings (SSSR count). The molecule has 0 aliphatic carbocycles. The highest BCUT2D eigenvalue weighted by Gasteiger charge is 2.17. The molecule has 0 aromatic heterocycles. The van der Waals surface area contributed by atoms with E-state index in [0.29, 0.717) is 5.75 Å². The van der Waals surface area contributed by atoms with Gasteiger partial charge in [0.05, 0.1) is 12.3 Å². The molecule has 4 nitrogen and oxygen atoms in total. The van der Waals surface area contributed by atoms with Crippen molar-refractivity contribution in [3.05, 3.63) is 35.6 Å². The number of likely N-dealkylation sites (N-methyl/N-ethyl adjacent to an activating group) is 1. The number of amides is 2. The number of nitrogens with zero attached hydrogens (tertiary/aromatic N) is 1. The van der Waals surface area contributed by atoms with E-state index < -0.39 is 0 Å². The van der Waals surface area contributed by atoms with Gasteiger partial charge in [0.2, 0.25) is 11.8 Å². The van der Waals surface area contributed by atoms with Gasteiger partial charge in [0.1, 0.15) is 5.82 Å². The van der Waals surface area contributed by atoms with Gasteiger partial charge < -0.3 is 10.2 Å². The van der Waals surface area contributed by atoms with Crippen molar-refractivity contribution >= 4 is 23.6 Å². The first-order valence-corrected chi connectivity index (χ1v) is 8.20. The molecule has 0 unspecified atom stereocenters. The van der Waals surface area contributed by atoms with Crippen LogP contribution in [-0.2, 0) is 15.3 Å². The van der Waals surface area contributed by atoms with Gasteiger partial charge in [-0.05, 0) is 38.5 Å². The summed E-state index contributed by atoms with van der Waals surface area (Å²) < 4.78 is 12.8. The smallest absolute Gasteiger partial charge is 0.240 e. The van der Waals surface area contributed by atoms with Crippen LogP contribution in [-0.4, -0.2) is 41.6 Å². The van der Waals surface area contributed by atoms with E-state index >= 15 is 0 Å². The third-order valence-electron chi connectivity index (χ3n) is 2.73. The molecule has 1 aromatic carbocycles. The van der Waals surface area contributed by atoms with Gasteiger partial charge in [-0.2, -0.15) is 0 Å². The van der Waals surface area contributed by atoms with E-state index in [1.165, 1.54) is 28.8 Å². The molecule has 1 aromatic rings. The number of carbonyl (C=O) groups excluding carboxylic acids is 2. The number of thioether (sulfide) groups is 1. The van der Waals surface area contributed by atoms with E-state index in [1.54, 1.807) is 19.2 Å². The van der Waals surface area contributed by atoms with Crippen LogP contribution >= 0.6 is 11.8 Å². The molecule has 122 valence electrons. The van der Waals surface area contributed by atoms with E-state index in [-0.39, 0.29) is 35.5 Å². The molecule has 0 atom stereocenters. The summed E-state index contributed by atoms with van der Waals surface area (Å²) in [5.74, 6) is 0.377. The molecule has 1 N–H and O–H groups in total. The van der Waals surface area contributed by atoms with Crippen molar-refractivity contribution in [3.8, 4) is 0 Å². The Morgan fingerprint density at radius 3 is 2.36 bits per heavy atom. The molecule has 2 amide bonds. The molecule has 0 aliphatic heterocycles. The maximum absolute atomic E-state index is 12.8. The molecule has 0 fully saturated rings. The Balaban J connectivity index is 2.32. The van der Waals surface area contributed by atoms with Crippen molar-refractivity contribution in [1.82, 2.24) is 10.2 Å². The third-order valence-corrected chi connectivity index (χ3v) is 3.72. The van der Waals surface area contributed by atoms with Crippen LogP contribution in [0.1, 0.15) is 26.3 Å². The first-order chi connectivity index (χ1) is 10.2. The van der Waals surface area contributed by atoms with Crippen LogP contribution in [0.2, 0.25) is 0 Å². The molecule has 0 bridgehead atoms. The maximum Gasteiger partial charge on any atom is 0.240 e. The van der Waals surface area contributed by atoms with E-state index in [2.05, 4.69) is 5.32 Å². The van der Waals surface area contributed by atoms with Crippen LogP contribution in [0, 0.1) is 5.82 Å². The van der Waals surface area contributed by atoms with Gasteiger partial charge in [0, 0.05) is 18.3 Å². The van der Waals surface area contributed by atoms with Crippen LogP contribution in [0.15, 0.2) is 24.3 Å². The van der Waals surface area contributed by atoms with E-state index in [0.717, 1.165) is 5.56 Å². The summed E-state index contributed by atoms with van der Waals surface area (Å²) in [5.41, 5.74) is 0.658. The van der Waals surface area contributed by atoms with Gasteiger partial charge in [-0.1, -0.05) is 12.1 Å². The second kappa shape index (κ2) is 8.17. The van der Waals surface area contributed by atoms with Crippen LogP contribution < -0.4 is 5.32 Å². The minimum absolute atomic E-state index is 0.0488. The minimum Gasteiger partial charge on any atom is -0.350 e. The van der Waals surface area contributed by atoms with Crippen LogP contribution in [0.3, 0.4) is 0 Å². The Labute approximate surface area is 135 Å². The summed E-state index contributed by atoms with van der Waals surface area (Å²) in [6, 6.07) is 6.21. The molecule has 0 radical (unpaired) electrons. The number of carbonyl (C=O) groups is 2. The summed E-state index contributed by atoms with van der Waals surface area (Å²) in [4.78, 5) is 25.1. The largest absolute Gasteiger partial charge is 0.350 e. The molecule has 22 heavy (non-hydrogen) atoms. The summed E-state index contributed by atoms with van der Waals surface area (Å²) in [6.45, 7) is 5.73. The van der Waals surface area contributed by atoms with Crippen molar-refractivity contribution in [1.29, 1.82) is 0 Å². The van der Waals surface area contributed by atoms with Crippen LogP contribution in [0.25, 0.3) is 0 Å². The molecule has 6 heteroatoms. The first kappa shape index (κ1) is 18.5. The number of rotatable bonds is 6. The summed E-state index contributed by atoms with van der Waals surface area (Å²) >= 11 is 1.44. The Morgan fingerprint density at radius 2 is 1.82 bits per heavy atom. The lowest BCUT2D eigenvalue weighted by molar-refractivity contribution is -0.133. The van der Waals surface area contributed by atoms with Gasteiger partial charge in [0.15, 0.2) is 0 Å². The zero-order valence-corrected chi connectivity index (χ0v) is 14.3. The van der Waals surface area contributed by atoms with Crippen molar-refractivity contribution in [2.24, 2.45) is 0 Å². The SMILES string of the molecule is CN(CC(=O)NC(C)(C)C)C(=O)CSCc1ccc(F)cc1. The summed E-state index contributed by atoms with van der Waals surface area (Å²) in [5, 5.41) is 2.82. The van der Waals surface area contributed by atoms with E-state index in [1.807, 2.05) is 20.8 Å². The topological polar surface area (TPSA) is 49.4 Å². The Bertz CT molecular complexity index is 512. The highest BCUT2D eigenvalue weighted by Crippen LogP contribution is 2.13. The predicted octanol–water partition coefficient (Wildman–Crippen LogP) is 2.43. The molecule has 0 spiro atoms. The Kier molecular flexibility index (Phi) is 6.87. The molecule has 0 heterocycles. The lowest BCUT2D eigenvalue weighted by Gasteiger charge is -2.23. The predicted molar refractivity (Wildman–Crippen MR) is 88.1 cm³/mol. The second-order valence-corrected chi connectivity index (χ2v) is 7.15. The first-order valence-electron chi connectivity index (χ1n) is 7.04. The monoisotopic (exact) mass is 326 g/mol. The van der Waals surface area contributed by atoms with Crippen molar-refractivity contribution in [2.75, 3.05) is 19.3 Å². The number of hydrogen-bond acceptors (Lipinski definition) is 3. The number of nitrogens with one attached hydrogen (secondary N) is 1. The van der Waals surface area contributed by atoms with Crippen molar-refractivity contribution in [2.45, 2.75) is 32.1 Å². The van der Waals surface area contributed by atoms with E-state index in [9.17, 15) is 14.0 Å². The quantitative estimate of drug-likeness (QED) is 0.873. The highest BCUT2D eigenvalue weighted by atomic mass is 32.2. The fourth-order valence-electron chi connectivity index (χ4n) is 1.71. The molecule has 0 saturated carbocycles. The average Bonchev–Trinajstić information content (AvgIpc) is 2.38. The second-order valence-electron chi connectivity index (χ2n) is 6.17. The van der Waals surface area contributed by atoms with Crippen LogP contribution in [0.4, 0.5) is 4.39 Å². The fraction of sp³-hybridized carbons (Fsp3) is 0.500. The fourth-order valence-corrected chi connectivity index (χ4v) is 2.63. The third kappa shape index (κ3) is 7.45. The number of halogens is 1. The molecular weight excluding hydrogens is 303 g/mol.